The SMILES string of the molecule is NC(=S)NCc1cnc(Cl)s1. The molecule has 0 radical (unpaired) electrons. The molecule has 0 aliphatic rings. The summed E-state index contributed by atoms with van der Waals surface area (Å²) in [6, 6.07) is 0. The lowest BCUT2D eigenvalue weighted by Crippen LogP contribution is -2.27. The Kier molecular flexibility index (Phi) is 3.04. The Bertz CT molecular complexity index is 260. The van der Waals surface area contributed by atoms with Gasteiger partial charge in [0.15, 0.2) is 9.58 Å². The van der Waals surface area contributed by atoms with E-state index in [2.05, 4.69) is 22.5 Å². The Balaban J connectivity index is 2.45. The van der Waals surface area contributed by atoms with Gasteiger partial charge in [0.2, 0.25) is 0 Å². The number of halogens is 1. The lowest BCUT2D eigenvalue weighted by Gasteiger charge is -1.98. The first-order valence-electron chi connectivity index (χ1n) is 2.82. The van der Waals surface area contributed by atoms with Gasteiger partial charge >= 0.3 is 0 Å². The van der Waals surface area contributed by atoms with Gasteiger partial charge in [-0.25, -0.2) is 4.98 Å². The first-order valence-corrected chi connectivity index (χ1v) is 4.42. The summed E-state index contributed by atoms with van der Waals surface area (Å²) in [5.74, 6) is 0. The van der Waals surface area contributed by atoms with Crippen LogP contribution in [0.3, 0.4) is 0 Å². The minimum atomic E-state index is 0.287. The van der Waals surface area contributed by atoms with Crippen LogP contribution in [0.1, 0.15) is 4.88 Å². The molecule has 0 spiro atoms. The zero-order chi connectivity index (χ0) is 8.27. The van der Waals surface area contributed by atoms with Crippen molar-refractivity contribution in [1.82, 2.24) is 10.3 Å². The highest BCUT2D eigenvalue weighted by Crippen LogP contribution is 2.16. The fraction of sp³-hybridized carbons (Fsp3) is 0.200. The van der Waals surface area contributed by atoms with Gasteiger partial charge in [0.1, 0.15) is 0 Å². The molecule has 1 aromatic heterocycles. The van der Waals surface area contributed by atoms with E-state index in [1.807, 2.05) is 0 Å². The van der Waals surface area contributed by atoms with Gasteiger partial charge in [-0.05, 0) is 12.2 Å². The van der Waals surface area contributed by atoms with Crippen LogP contribution < -0.4 is 11.1 Å². The number of hydrogen-bond donors (Lipinski definition) is 2. The molecule has 6 heteroatoms. The Hall–Kier alpha value is -0.390. The third-order valence-corrected chi connectivity index (χ3v) is 2.22. The van der Waals surface area contributed by atoms with Gasteiger partial charge in [0.05, 0.1) is 6.54 Å². The molecule has 0 fully saturated rings. The molecule has 3 nitrogen and oxygen atoms in total. The first kappa shape index (κ1) is 8.70. The lowest BCUT2D eigenvalue weighted by atomic mass is 10.5. The number of thiazole rings is 1. The summed E-state index contributed by atoms with van der Waals surface area (Å²) >= 11 is 11.6. The van der Waals surface area contributed by atoms with Crippen molar-refractivity contribution in [2.75, 3.05) is 0 Å². The molecule has 1 rings (SSSR count). The van der Waals surface area contributed by atoms with E-state index in [4.69, 9.17) is 17.3 Å². The fourth-order valence-corrected chi connectivity index (χ4v) is 1.53. The molecule has 0 unspecified atom stereocenters. The van der Waals surface area contributed by atoms with Crippen molar-refractivity contribution in [3.05, 3.63) is 15.5 Å². The molecule has 0 saturated carbocycles. The van der Waals surface area contributed by atoms with Gasteiger partial charge in [-0.2, -0.15) is 0 Å². The molecule has 0 aromatic carbocycles. The number of rotatable bonds is 2. The molecule has 0 bridgehead atoms. The maximum absolute atomic E-state index is 5.59. The van der Waals surface area contributed by atoms with Gasteiger partial charge in [-0.15, -0.1) is 11.3 Å². The zero-order valence-electron chi connectivity index (χ0n) is 5.50. The van der Waals surface area contributed by atoms with Crippen LogP contribution in [0.15, 0.2) is 6.20 Å². The molecule has 1 heterocycles. The summed E-state index contributed by atoms with van der Waals surface area (Å²) < 4.78 is 0.532. The summed E-state index contributed by atoms with van der Waals surface area (Å²) in [7, 11) is 0. The molecule has 11 heavy (non-hydrogen) atoms. The van der Waals surface area contributed by atoms with E-state index < -0.39 is 0 Å². The monoisotopic (exact) mass is 207 g/mol. The van der Waals surface area contributed by atoms with E-state index in [1.54, 1.807) is 6.20 Å². The van der Waals surface area contributed by atoms with Crippen molar-refractivity contribution in [2.24, 2.45) is 5.73 Å². The van der Waals surface area contributed by atoms with Crippen LogP contribution in [0.25, 0.3) is 0 Å². The molecule has 0 amide bonds. The standard InChI is InChI=1S/C5H6ClN3S2/c6-4-8-1-3(11-4)2-9-5(7)10/h1H,2H2,(H3,7,9,10). The van der Waals surface area contributed by atoms with Crippen molar-refractivity contribution in [2.45, 2.75) is 6.54 Å². The second kappa shape index (κ2) is 3.85. The zero-order valence-corrected chi connectivity index (χ0v) is 7.89. The number of nitrogens with zero attached hydrogens (tertiary/aromatic N) is 1. The second-order valence-electron chi connectivity index (χ2n) is 1.80. The summed E-state index contributed by atoms with van der Waals surface area (Å²) in [4.78, 5) is 4.87. The smallest absolute Gasteiger partial charge is 0.183 e. The van der Waals surface area contributed by atoms with Crippen LogP contribution >= 0.6 is 35.2 Å². The Morgan fingerprint density at radius 3 is 3.09 bits per heavy atom. The third-order valence-electron chi connectivity index (χ3n) is 0.962. The molecular formula is C5H6ClN3S2. The molecule has 1 aromatic rings. The topological polar surface area (TPSA) is 50.9 Å². The van der Waals surface area contributed by atoms with Crippen LogP contribution in [-0.4, -0.2) is 10.1 Å². The maximum Gasteiger partial charge on any atom is 0.183 e. The molecule has 0 saturated heterocycles. The van der Waals surface area contributed by atoms with E-state index >= 15 is 0 Å². The van der Waals surface area contributed by atoms with Gasteiger partial charge in [-0.3, -0.25) is 0 Å². The van der Waals surface area contributed by atoms with E-state index in [0.29, 0.717) is 11.0 Å². The highest BCUT2D eigenvalue weighted by atomic mass is 35.5. The van der Waals surface area contributed by atoms with Crippen LogP contribution in [0.5, 0.6) is 0 Å². The molecular weight excluding hydrogens is 202 g/mol. The summed E-state index contributed by atoms with van der Waals surface area (Å²) in [6.07, 6.45) is 1.69. The maximum atomic E-state index is 5.59. The van der Waals surface area contributed by atoms with E-state index in [1.165, 1.54) is 11.3 Å². The fourth-order valence-electron chi connectivity index (χ4n) is 0.540. The summed E-state index contributed by atoms with van der Waals surface area (Å²) in [5.41, 5.74) is 5.22. The van der Waals surface area contributed by atoms with Crippen molar-refractivity contribution in [3.8, 4) is 0 Å². The largest absolute Gasteiger partial charge is 0.376 e. The molecule has 3 N–H and O–H groups in total. The number of thiocarbonyl (C=S) groups is 1. The number of nitrogens with one attached hydrogen (secondary N) is 1. The van der Waals surface area contributed by atoms with Gasteiger partial charge in [-0.1, -0.05) is 11.6 Å². The van der Waals surface area contributed by atoms with Crippen molar-refractivity contribution < 1.29 is 0 Å². The summed E-state index contributed by atoms with van der Waals surface area (Å²) in [5, 5.41) is 3.08. The average Bonchev–Trinajstić information content (AvgIpc) is 2.31. The Labute approximate surface area is 78.6 Å². The van der Waals surface area contributed by atoms with E-state index in [9.17, 15) is 0 Å². The molecule has 0 atom stereocenters. The predicted molar refractivity (Wildman–Crippen MR) is 50.7 cm³/mol. The second-order valence-corrected chi connectivity index (χ2v) is 3.93. The Morgan fingerprint density at radius 2 is 2.64 bits per heavy atom. The van der Waals surface area contributed by atoms with Crippen LogP contribution in [0, 0.1) is 0 Å². The predicted octanol–water partition coefficient (Wildman–Crippen LogP) is 1.13. The highest BCUT2D eigenvalue weighted by Gasteiger charge is 1.97. The minimum Gasteiger partial charge on any atom is -0.376 e. The minimum absolute atomic E-state index is 0.287. The highest BCUT2D eigenvalue weighted by molar-refractivity contribution is 7.80. The average molecular weight is 208 g/mol. The molecule has 60 valence electrons. The number of hydrogen-bond acceptors (Lipinski definition) is 3. The van der Waals surface area contributed by atoms with Crippen LogP contribution in [0.4, 0.5) is 0 Å². The van der Waals surface area contributed by atoms with Crippen molar-refractivity contribution >= 4 is 40.3 Å². The van der Waals surface area contributed by atoms with Crippen LogP contribution in [-0.2, 0) is 6.54 Å². The van der Waals surface area contributed by atoms with Gasteiger partial charge in [0, 0.05) is 11.1 Å². The quantitative estimate of drug-likeness (QED) is 0.714. The van der Waals surface area contributed by atoms with Gasteiger partial charge in [0.25, 0.3) is 0 Å². The lowest BCUT2D eigenvalue weighted by molar-refractivity contribution is 0.936. The normalized spacial score (nSPS) is 9.55. The van der Waals surface area contributed by atoms with Crippen molar-refractivity contribution in [1.29, 1.82) is 0 Å². The first-order chi connectivity index (χ1) is 5.18. The van der Waals surface area contributed by atoms with Crippen LogP contribution in [0.2, 0.25) is 4.47 Å². The van der Waals surface area contributed by atoms with E-state index in [-0.39, 0.29) is 5.11 Å². The summed E-state index contributed by atoms with van der Waals surface area (Å²) in [6.45, 7) is 0.597. The van der Waals surface area contributed by atoms with Gasteiger partial charge < -0.3 is 11.1 Å². The van der Waals surface area contributed by atoms with Crippen molar-refractivity contribution in [3.63, 3.8) is 0 Å². The van der Waals surface area contributed by atoms with E-state index in [0.717, 1.165) is 4.88 Å². The molecule has 0 aliphatic carbocycles. The third kappa shape index (κ3) is 3.00. The Morgan fingerprint density at radius 1 is 1.91 bits per heavy atom. The molecule has 0 aliphatic heterocycles. The number of aromatic nitrogens is 1. The number of nitrogens with two attached hydrogens (primary N) is 1.